The summed E-state index contributed by atoms with van der Waals surface area (Å²) < 4.78 is 25.3. The number of methoxy groups -OCH3 is 1. The molecule has 0 amide bonds. The fourth-order valence-corrected chi connectivity index (χ4v) is 2.79. The van der Waals surface area contributed by atoms with Crippen molar-refractivity contribution in [3.8, 4) is 5.75 Å². The van der Waals surface area contributed by atoms with Gasteiger partial charge in [0.15, 0.2) is 0 Å². The summed E-state index contributed by atoms with van der Waals surface area (Å²) in [6, 6.07) is 4.76. The Morgan fingerprint density at radius 3 is 2.72 bits per heavy atom. The van der Waals surface area contributed by atoms with Crippen LogP contribution in [0.4, 0.5) is 4.39 Å². The summed E-state index contributed by atoms with van der Waals surface area (Å²) in [5.41, 5.74) is 0.848. The minimum absolute atomic E-state index is 0.177. The summed E-state index contributed by atoms with van der Waals surface area (Å²) >= 11 is 6.39. The summed E-state index contributed by atoms with van der Waals surface area (Å²) in [5, 5.41) is 12.3. The molecule has 0 unspecified atom stereocenters. The summed E-state index contributed by atoms with van der Waals surface area (Å²) in [5.74, 6) is -0.640. The number of allylic oxidation sites excluding steroid dienone is 4. The average Bonchev–Trinajstić information content (AvgIpc) is 2.87. The van der Waals surface area contributed by atoms with E-state index in [2.05, 4.69) is 10.3 Å². The van der Waals surface area contributed by atoms with Crippen LogP contribution in [0.5, 0.6) is 5.75 Å². The number of hydrogen-bond acceptors (Lipinski definition) is 5. The number of aliphatic imine (C=N–C) groups is 1. The van der Waals surface area contributed by atoms with Crippen LogP contribution >= 0.6 is 11.6 Å². The molecule has 1 heterocycles. The first kappa shape index (κ1) is 27.0. The second-order valence-electron chi connectivity index (χ2n) is 6.16. The maximum absolute atomic E-state index is 14.5. The Morgan fingerprint density at radius 1 is 1.34 bits per heavy atom. The van der Waals surface area contributed by atoms with Crippen molar-refractivity contribution in [1.82, 2.24) is 5.32 Å². The molecule has 6 nitrogen and oxygen atoms in total. The van der Waals surface area contributed by atoms with Gasteiger partial charge in [-0.15, -0.1) is 0 Å². The third kappa shape index (κ3) is 8.98. The Balaban J connectivity index is 0.00000249. The summed E-state index contributed by atoms with van der Waals surface area (Å²) in [7, 11) is 1.47. The molecule has 0 radical (unpaired) electrons. The number of amidine groups is 1. The molecule has 0 bridgehead atoms. The number of aliphatic carboxylic acids is 1. The molecule has 174 valence electrons. The van der Waals surface area contributed by atoms with Crippen LogP contribution in [0.25, 0.3) is 5.57 Å². The zero-order chi connectivity index (χ0) is 23.9. The molecule has 0 atom stereocenters. The van der Waals surface area contributed by atoms with Crippen molar-refractivity contribution in [2.75, 3.05) is 20.2 Å². The first-order valence-electron chi connectivity index (χ1n) is 10.4. The molecule has 0 aliphatic carbocycles. The second-order valence-corrected chi connectivity index (χ2v) is 6.57. The molecule has 0 spiro atoms. The van der Waals surface area contributed by atoms with E-state index in [9.17, 15) is 9.18 Å². The molecule has 0 fully saturated rings. The lowest BCUT2D eigenvalue weighted by molar-refractivity contribution is -0.136. The van der Waals surface area contributed by atoms with Crippen molar-refractivity contribution in [3.63, 3.8) is 0 Å². The average molecular weight is 465 g/mol. The van der Waals surface area contributed by atoms with E-state index < -0.39 is 11.8 Å². The van der Waals surface area contributed by atoms with Gasteiger partial charge in [-0.3, -0.25) is 4.79 Å². The minimum Gasteiger partial charge on any atom is -0.497 e. The standard InChI is InChI=1S/C22H24ClFN2O4.C2H6/c1-3-4-5-15(7-9-21(27)28)30-22-25-12-10-17(19(23)11-13-26-22)18-8-6-16(29-2)14-20(18)24;1-2/h4-8,10-11,14H,3,9,12-13H2,1-2H3,(H,25,26)(H,27,28);1-2H3/b5-4-,15-7+,17-10-,19-11+;. The Kier molecular flexibility index (Phi) is 12.5. The van der Waals surface area contributed by atoms with E-state index in [1.807, 2.05) is 26.8 Å². The maximum Gasteiger partial charge on any atom is 0.307 e. The highest BCUT2D eigenvalue weighted by atomic mass is 35.5. The van der Waals surface area contributed by atoms with Gasteiger partial charge < -0.3 is 19.9 Å². The van der Waals surface area contributed by atoms with E-state index in [1.165, 1.54) is 19.3 Å². The molecule has 1 aliphatic heterocycles. The van der Waals surface area contributed by atoms with E-state index in [1.54, 1.807) is 30.4 Å². The molecule has 1 aliphatic rings. The number of ether oxygens (including phenoxy) is 2. The van der Waals surface area contributed by atoms with E-state index in [4.69, 9.17) is 26.2 Å². The number of nitrogens with one attached hydrogen (secondary N) is 1. The zero-order valence-corrected chi connectivity index (χ0v) is 19.6. The topological polar surface area (TPSA) is 80.2 Å². The lowest BCUT2D eigenvalue weighted by Gasteiger charge is -2.10. The Bertz CT molecular complexity index is 921. The number of nitrogens with zero attached hydrogens (tertiary/aromatic N) is 1. The Hall–Kier alpha value is -3.06. The number of carboxylic acid groups (broad SMARTS) is 1. The number of rotatable bonds is 7. The van der Waals surface area contributed by atoms with E-state index >= 15 is 0 Å². The molecule has 1 aromatic carbocycles. The first-order chi connectivity index (χ1) is 15.4. The van der Waals surface area contributed by atoms with Crippen molar-refractivity contribution < 1.29 is 23.8 Å². The van der Waals surface area contributed by atoms with Crippen LogP contribution < -0.4 is 10.1 Å². The number of hydrogen-bond donors (Lipinski definition) is 2. The third-order valence-corrected chi connectivity index (χ3v) is 4.36. The fourth-order valence-electron chi connectivity index (χ4n) is 2.54. The summed E-state index contributed by atoms with van der Waals surface area (Å²) in [6.07, 6.45) is 8.98. The predicted octanol–water partition coefficient (Wildman–Crippen LogP) is 5.67. The number of carboxylic acids is 1. The molecular formula is C24H30ClFN2O4. The lowest BCUT2D eigenvalue weighted by atomic mass is 10.0. The zero-order valence-electron chi connectivity index (χ0n) is 18.8. The molecule has 0 saturated heterocycles. The van der Waals surface area contributed by atoms with Gasteiger partial charge in [0.25, 0.3) is 6.02 Å². The molecule has 1 aromatic rings. The highest BCUT2D eigenvalue weighted by Crippen LogP contribution is 2.30. The number of benzene rings is 1. The Labute approximate surface area is 193 Å². The molecule has 32 heavy (non-hydrogen) atoms. The quantitative estimate of drug-likeness (QED) is 0.401. The van der Waals surface area contributed by atoms with Gasteiger partial charge in [-0.2, -0.15) is 0 Å². The molecule has 0 aromatic heterocycles. The minimum atomic E-state index is -0.964. The second kappa shape index (κ2) is 14.9. The summed E-state index contributed by atoms with van der Waals surface area (Å²) in [4.78, 5) is 15.2. The maximum atomic E-state index is 14.5. The van der Waals surface area contributed by atoms with Gasteiger partial charge in [0.05, 0.1) is 20.1 Å². The molecule has 2 rings (SSSR count). The number of halogens is 2. The smallest absolute Gasteiger partial charge is 0.307 e. The molecule has 2 N–H and O–H groups in total. The van der Waals surface area contributed by atoms with Crippen molar-refractivity contribution in [1.29, 1.82) is 0 Å². The van der Waals surface area contributed by atoms with Crippen LogP contribution in [-0.4, -0.2) is 37.3 Å². The van der Waals surface area contributed by atoms with Gasteiger partial charge in [0.1, 0.15) is 17.3 Å². The third-order valence-electron chi connectivity index (χ3n) is 4.00. The monoisotopic (exact) mass is 464 g/mol. The van der Waals surface area contributed by atoms with Crippen LogP contribution in [0, 0.1) is 5.82 Å². The van der Waals surface area contributed by atoms with Crippen molar-refractivity contribution in [2.24, 2.45) is 4.99 Å². The largest absolute Gasteiger partial charge is 0.497 e. The first-order valence-corrected chi connectivity index (χ1v) is 10.8. The molecule has 0 saturated carbocycles. The van der Waals surface area contributed by atoms with Gasteiger partial charge in [-0.25, -0.2) is 9.38 Å². The highest BCUT2D eigenvalue weighted by molar-refractivity contribution is 6.37. The van der Waals surface area contributed by atoms with E-state index in [0.717, 1.165) is 6.42 Å². The van der Waals surface area contributed by atoms with Gasteiger partial charge >= 0.3 is 5.97 Å². The van der Waals surface area contributed by atoms with Gasteiger partial charge in [-0.05, 0) is 36.8 Å². The van der Waals surface area contributed by atoms with Gasteiger partial charge in [0.2, 0.25) is 0 Å². The number of carbonyl (C=O) groups is 1. The van der Waals surface area contributed by atoms with E-state index in [-0.39, 0.29) is 25.5 Å². The van der Waals surface area contributed by atoms with Crippen LogP contribution in [0.1, 0.15) is 39.2 Å². The van der Waals surface area contributed by atoms with Crippen molar-refractivity contribution >= 4 is 29.2 Å². The lowest BCUT2D eigenvalue weighted by Crippen LogP contribution is -2.26. The van der Waals surface area contributed by atoms with Crippen LogP contribution in [-0.2, 0) is 9.53 Å². The molecule has 8 heteroatoms. The summed E-state index contributed by atoms with van der Waals surface area (Å²) in [6.45, 7) is 6.42. The molecular weight excluding hydrogens is 435 g/mol. The van der Waals surface area contributed by atoms with Crippen LogP contribution in [0.2, 0.25) is 0 Å². The predicted molar refractivity (Wildman–Crippen MR) is 127 cm³/mol. The van der Waals surface area contributed by atoms with Crippen molar-refractivity contribution in [3.05, 3.63) is 70.8 Å². The van der Waals surface area contributed by atoms with Crippen LogP contribution in [0.15, 0.2) is 64.4 Å². The van der Waals surface area contributed by atoms with Crippen molar-refractivity contribution in [2.45, 2.75) is 33.6 Å². The SMILES string of the molecule is CC.CC/C=C\C(=C/CC(=O)O)OC1=NC/C=C(c2ccc(OC)cc2F)\C(Cl)=C/CN1. The normalized spacial score (nSPS) is 17.7. The van der Waals surface area contributed by atoms with E-state index in [0.29, 0.717) is 27.7 Å². The highest BCUT2D eigenvalue weighted by Gasteiger charge is 2.14. The van der Waals surface area contributed by atoms with Gasteiger partial charge in [0, 0.05) is 28.8 Å². The Morgan fingerprint density at radius 2 is 2.09 bits per heavy atom. The van der Waals surface area contributed by atoms with Gasteiger partial charge in [-0.1, -0.05) is 44.5 Å². The fraction of sp³-hybridized carbons (Fsp3) is 0.333. The van der Waals surface area contributed by atoms with Crippen LogP contribution in [0.3, 0.4) is 0 Å².